The Morgan fingerprint density at radius 2 is 1.94 bits per heavy atom. The fourth-order valence-electron chi connectivity index (χ4n) is 2.17. The van der Waals surface area contributed by atoms with E-state index in [1.54, 1.807) is 6.07 Å². The molecule has 80 valence electrons. The number of carbonyl (C=O) groups excluding carboxylic acids is 1. The zero-order chi connectivity index (χ0) is 11.1. The van der Waals surface area contributed by atoms with E-state index in [9.17, 15) is 4.79 Å². The third-order valence-electron chi connectivity index (χ3n) is 2.99. The number of hydrogen-bond donors (Lipinski definition) is 1. The maximum atomic E-state index is 12.3. The highest BCUT2D eigenvalue weighted by molar-refractivity contribution is 7.12. The van der Waals surface area contributed by atoms with Crippen LogP contribution in [0.3, 0.4) is 0 Å². The van der Waals surface area contributed by atoms with Gasteiger partial charge in [0.2, 0.25) is 5.78 Å². The number of nitrogens with two attached hydrogens (primary N) is 1. The minimum absolute atomic E-state index is 0.150. The quantitative estimate of drug-likeness (QED) is 0.706. The summed E-state index contributed by atoms with van der Waals surface area (Å²) in [7, 11) is 0. The molecule has 1 aromatic heterocycles. The Bertz CT molecular complexity index is 571. The Morgan fingerprint density at radius 1 is 1.12 bits per heavy atom. The molecule has 0 spiro atoms. The topological polar surface area (TPSA) is 43.1 Å². The van der Waals surface area contributed by atoms with Crippen LogP contribution in [-0.4, -0.2) is 5.78 Å². The molecule has 2 aromatic rings. The van der Waals surface area contributed by atoms with Crippen LogP contribution in [0, 0.1) is 0 Å². The number of nitrogen functional groups attached to an aromatic ring is 1. The number of aryl methyl sites for hydroxylation is 2. The number of carbonyl (C=O) groups is 1. The van der Waals surface area contributed by atoms with Crippen LogP contribution in [0.2, 0.25) is 0 Å². The van der Waals surface area contributed by atoms with E-state index in [1.807, 2.05) is 23.6 Å². The highest BCUT2D eigenvalue weighted by Gasteiger charge is 2.21. The van der Waals surface area contributed by atoms with Crippen LogP contribution in [0.15, 0.2) is 29.6 Å². The predicted octanol–water partition coefficient (Wildman–Crippen LogP) is 2.66. The van der Waals surface area contributed by atoms with E-state index in [4.69, 9.17) is 5.73 Å². The Balaban J connectivity index is 2.20. The molecule has 2 nitrogen and oxygen atoms in total. The fraction of sp³-hybridized carbons (Fsp3) is 0.154. The van der Waals surface area contributed by atoms with Crippen molar-refractivity contribution in [3.05, 3.63) is 51.2 Å². The minimum Gasteiger partial charge on any atom is -0.399 e. The number of ketones is 1. The van der Waals surface area contributed by atoms with Gasteiger partial charge in [0.25, 0.3) is 0 Å². The van der Waals surface area contributed by atoms with Gasteiger partial charge in [0.15, 0.2) is 0 Å². The van der Waals surface area contributed by atoms with Gasteiger partial charge in [-0.05, 0) is 53.6 Å². The average Bonchev–Trinajstić information content (AvgIpc) is 2.69. The molecule has 1 heterocycles. The van der Waals surface area contributed by atoms with Crippen molar-refractivity contribution in [1.29, 1.82) is 0 Å². The van der Waals surface area contributed by atoms with E-state index >= 15 is 0 Å². The Morgan fingerprint density at radius 3 is 2.81 bits per heavy atom. The van der Waals surface area contributed by atoms with Crippen molar-refractivity contribution in [3.8, 4) is 0 Å². The molecule has 16 heavy (non-hydrogen) atoms. The SMILES string of the molecule is Nc1ccc2c(c1)CCc1ccsc1C2=O. The van der Waals surface area contributed by atoms with E-state index in [1.165, 1.54) is 16.9 Å². The van der Waals surface area contributed by atoms with Crippen LogP contribution in [0.4, 0.5) is 5.69 Å². The summed E-state index contributed by atoms with van der Waals surface area (Å²) in [4.78, 5) is 13.2. The molecule has 0 fully saturated rings. The highest BCUT2D eigenvalue weighted by Crippen LogP contribution is 2.28. The number of benzene rings is 1. The number of fused-ring (bicyclic) bond motifs is 2. The first kappa shape index (κ1) is 9.60. The van der Waals surface area contributed by atoms with Crippen molar-refractivity contribution in [2.45, 2.75) is 12.8 Å². The molecule has 1 aliphatic carbocycles. The number of thiophene rings is 1. The van der Waals surface area contributed by atoms with Crippen molar-refractivity contribution in [1.82, 2.24) is 0 Å². The maximum Gasteiger partial charge on any atom is 0.203 e. The lowest BCUT2D eigenvalue weighted by Gasteiger charge is -2.04. The van der Waals surface area contributed by atoms with Crippen molar-refractivity contribution >= 4 is 22.8 Å². The molecule has 3 rings (SSSR count). The largest absolute Gasteiger partial charge is 0.399 e. The second kappa shape index (κ2) is 3.46. The second-order valence-corrected chi connectivity index (χ2v) is 4.94. The molecule has 3 heteroatoms. The third-order valence-corrected chi connectivity index (χ3v) is 3.95. The van der Waals surface area contributed by atoms with E-state index < -0.39 is 0 Å². The van der Waals surface area contributed by atoms with Gasteiger partial charge in [0.05, 0.1) is 4.88 Å². The van der Waals surface area contributed by atoms with Gasteiger partial charge in [-0.15, -0.1) is 11.3 Å². The summed E-state index contributed by atoms with van der Waals surface area (Å²) >= 11 is 1.53. The second-order valence-electron chi connectivity index (χ2n) is 4.02. The van der Waals surface area contributed by atoms with E-state index in [0.29, 0.717) is 0 Å². The maximum absolute atomic E-state index is 12.3. The van der Waals surface area contributed by atoms with Crippen LogP contribution >= 0.6 is 11.3 Å². The smallest absolute Gasteiger partial charge is 0.203 e. The van der Waals surface area contributed by atoms with Crippen LogP contribution < -0.4 is 5.73 Å². The first-order valence-corrected chi connectivity index (χ1v) is 6.13. The van der Waals surface area contributed by atoms with Gasteiger partial charge < -0.3 is 5.73 Å². The van der Waals surface area contributed by atoms with Crippen molar-refractivity contribution in [2.24, 2.45) is 0 Å². The zero-order valence-corrected chi connectivity index (χ0v) is 9.51. The predicted molar refractivity (Wildman–Crippen MR) is 66.0 cm³/mol. The first-order chi connectivity index (χ1) is 7.75. The molecule has 1 aromatic carbocycles. The average molecular weight is 229 g/mol. The van der Waals surface area contributed by atoms with Gasteiger partial charge >= 0.3 is 0 Å². The van der Waals surface area contributed by atoms with Gasteiger partial charge in [0, 0.05) is 11.3 Å². The molecule has 0 saturated heterocycles. The Labute approximate surface area is 97.7 Å². The Kier molecular flexibility index (Phi) is 2.07. The van der Waals surface area contributed by atoms with Crippen LogP contribution in [0.1, 0.15) is 26.4 Å². The molecule has 0 amide bonds. The summed E-state index contributed by atoms with van der Waals surface area (Å²) in [5.74, 6) is 0.150. The summed E-state index contributed by atoms with van der Waals surface area (Å²) in [6.07, 6.45) is 1.83. The van der Waals surface area contributed by atoms with Gasteiger partial charge in [0.1, 0.15) is 0 Å². The molecule has 1 aliphatic rings. The fourth-order valence-corrected chi connectivity index (χ4v) is 3.07. The van der Waals surface area contributed by atoms with Crippen molar-refractivity contribution < 1.29 is 4.79 Å². The Hall–Kier alpha value is -1.61. The first-order valence-electron chi connectivity index (χ1n) is 5.25. The standard InChI is InChI=1S/C13H11NOS/c14-10-3-4-11-9(7-10)2-1-8-5-6-16-13(8)12(11)15/h3-7H,1-2,14H2. The molecule has 0 radical (unpaired) electrons. The van der Waals surface area contributed by atoms with E-state index in [-0.39, 0.29) is 5.78 Å². The monoisotopic (exact) mass is 229 g/mol. The summed E-state index contributed by atoms with van der Waals surface area (Å²) in [6.45, 7) is 0. The minimum atomic E-state index is 0.150. The van der Waals surface area contributed by atoms with Crippen molar-refractivity contribution in [2.75, 3.05) is 5.73 Å². The summed E-state index contributed by atoms with van der Waals surface area (Å²) in [5, 5.41) is 1.99. The molecule has 0 atom stereocenters. The number of rotatable bonds is 0. The zero-order valence-electron chi connectivity index (χ0n) is 8.69. The van der Waals surface area contributed by atoms with Crippen molar-refractivity contribution in [3.63, 3.8) is 0 Å². The van der Waals surface area contributed by atoms with Gasteiger partial charge in [-0.3, -0.25) is 4.79 Å². The van der Waals surface area contributed by atoms with Crippen LogP contribution in [0.25, 0.3) is 0 Å². The van der Waals surface area contributed by atoms with Crippen LogP contribution in [0.5, 0.6) is 0 Å². The molecule has 0 aliphatic heterocycles. The molecule has 2 N–H and O–H groups in total. The third kappa shape index (κ3) is 1.36. The molecular formula is C13H11NOS. The highest BCUT2D eigenvalue weighted by atomic mass is 32.1. The molecule has 0 bridgehead atoms. The molecular weight excluding hydrogens is 218 g/mol. The molecule has 0 unspecified atom stereocenters. The summed E-state index contributed by atoms with van der Waals surface area (Å²) in [5.41, 5.74) is 9.55. The number of hydrogen-bond acceptors (Lipinski definition) is 3. The van der Waals surface area contributed by atoms with Gasteiger partial charge in [-0.2, -0.15) is 0 Å². The van der Waals surface area contributed by atoms with Gasteiger partial charge in [-0.25, -0.2) is 0 Å². The lowest BCUT2D eigenvalue weighted by Crippen LogP contribution is -2.02. The van der Waals surface area contributed by atoms with Crippen LogP contribution in [-0.2, 0) is 12.8 Å². The summed E-state index contributed by atoms with van der Waals surface area (Å²) in [6, 6.07) is 7.62. The van der Waals surface area contributed by atoms with E-state index in [0.717, 1.165) is 34.5 Å². The summed E-state index contributed by atoms with van der Waals surface area (Å²) < 4.78 is 0. The van der Waals surface area contributed by atoms with E-state index in [2.05, 4.69) is 0 Å². The normalized spacial score (nSPS) is 14.1. The lowest BCUT2D eigenvalue weighted by atomic mass is 10.0. The molecule has 0 saturated carbocycles. The lowest BCUT2D eigenvalue weighted by molar-refractivity contribution is 0.104. The van der Waals surface area contributed by atoms with Gasteiger partial charge in [-0.1, -0.05) is 0 Å². The number of anilines is 1.